The normalized spacial score (nSPS) is 40.1. The summed E-state index contributed by atoms with van der Waals surface area (Å²) in [7, 11) is 0. The fourth-order valence-electron chi connectivity index (χ4n) is 9.53. The monoisotopic (exact) mass is 533 g/mol. The summed E-state index contributed by atoms with van der Waals surface area (Å²) in [5.41, 5.74) is -0.242. The van der Waals surface area contributed by atoms with Gasteiger partial charge >= 0.3 is 11.9 Å². The maximum absolute atomic E-state index is 13.4. The van der Waals surface area contributed by atoms with Crippen molar-refractivity contribution in [2.45, 2.75) is 111 Å². The van der Waals surface area contributed by atoms with Gasteiger partial charge in [0.25, 0.3) is 0 Å². The molecule has 4 fully saturated rings. The lowest BCUT2D eigenvalue weighted by Crippen LogP contribution is -2.60. The molecule has 0 aromatic heterocycles. The summed E-state index contributed by atoms with van der Waals surface area (Å²) in [6, 6.07) is 0. The maximum atomic E-state index is 13.4. The average molecular weight is 534 g/mol. The van der Waals surface area contributed by atoms with Gasteiger partial charge in [-0.25, -0.2) is 0 Å². The quantitative estimate of drug-likeness (QED) is 0.404. The van der Waals surface area contributed by atoms with E-state index >= 15 is 0 Å². The first-order valence-electron chi connectivity index (χ1n) is 15.3. The smallest absolute Gasteiger partial charge is 0.320 e. The van der Waals surface area contributed by atoms with Crippen molar-refractivity contribution in [3.8, 4) is 0 Å². The number of ketones is 1. The Morgan fingerprint density at radius 2 is 1.68 bits per heavy atom. The topological polar surface area (TPSA) is 93.1 Å². The van der Waals surface area contributed by atoms with Gasteiger partial charge in [0.05, 0.1) is 12.6 Å². The van der Waals surface area contributed by atoms with Gasteiger partial charge in [-0.3, -0.25) is 19.3 Å². The second-order valence-corrected chi connectivity index (χ2v) is 13.4. The van der Waals surface area contributed by atoms with E-state index in [1.165, 1.54) is 6.92 Å². The molecule has 4 aliphatic carbocycles. The van der Waals surface area contributed by atoms with E-state index in [1.54, 1.807) is 0 Å². The number of aliphatic hydroxyl groups is 1. The molecule has 0 spiro atoms. The average Bonchev–Trinajstić information content (AvgIpc) is 3.19. The van der Waals surface area contributed by atoms with Crippen molar-refractivity contribution in [1.29, 1.82) is 0 Å². The SMILES string of the molecule is CCCN(CCC)CC(=O)OC1C[C@]2(C)[C@@H](C(=O)COC(C)=O)CC[C@H]2[C@@H]2CCC3CC(O)CC[C@]3(C)[C@@H]12. The fourth-order valence-corrected chi connectivity index (χ4v) is 9.53. The van der Waals surface area contributed by atoms with Gasteiger partial charge in [0, 0.05) is 18.8 Å². The first kappa shape index (κ1) is 29.5. The van der Waals surface area contributed by atoms with E-state index in [0.29, 0.717) is 30.7 Å². The van der Waals surface area contributed by atoms with Crippen LogP contribution in [0.15, 0.2) is 0 Å². The number of ether oxygens (including phenoxy) is 2. The summed E-state index contributed by atoms with van der Waals surface area (Å²) in [4.78, 5) is 40.3. The minimum Gasteiger partial charge on any atom is -0.461 e. The van der Waals surface area contributed by atoms with Crippen LogP contribution >= 0.6 is 0 Å². The van der Waals surface area contributed by atoms with E-state index in [9.17, 15) is 19.5 Å². The standard InChI is InChI=1S/C31H51NO6/c1-6-14-32(15-7-2)18-28(36)38-27-17-31(5)24(10-11-25(31)26(35)19-37-20(3)33)23-9-8-21-16-22(34)12-13-30(21,4)29(23)27/h21-25,27,29,34H,6-19H2,1-5H3/t21?,22?,23-,24-,25+,27?,29+,30-,31-/m0/s1. The predicted octanol–water partition coefficient (Wildman–Crippen LogP) is 4.78. The molecule has 3 unspecified atom stereocenters. The first-order chi connectivity index (χ1) is 18.0. The Kier molecular flexibility index (Phi) is 9.28. The van der Waals surface area contributed by atoms with Gasteiger partial charge in [0.15, 0.2) is 5.78 Å². The van der Waals surface area contributed by atoms with Crippen molar-refractivity contribution >= 4 is 17.7 Å². The van der Waals surface area contributed by atoms with Crippen LogP contribution in [0, 0.1) is 40.4 Å². The molecule has 0 aliphatic heterocycles. The number of aliphatic hydroxyl groups excluding tert-OH is 1. The summed E-state index contributed by atoms with van der Waals surface area (Å²) in [5, 5.41) is 10.5. The Balaban J connectivity index is 1.62. The van der Waals surface area contributed by atoms with E-state index in [1.807, 2.05) is 0 Å². The molecule has 9 atom stereocenters. The van der Waals surface area contributed by atoms with E-state index in [0.717, 1.165) is 70.9 Å². The Hall–Kier alpha value is -1.47. The van der Waals surface area contributed by atoms with Crippen molar-refractivity contribution < 1.29 is 29.0 Å². The summed E-state index contributed by atoms with van der Waals surface area (Å²) < 4.78 is 11.6. The summed E-state index contributed by atoms with van der Waals surface area (Å²) >= 11 is 0. The van der Waals surface area contributed by atoms with E-state index in [-0.39, 0.29) is 53.2 Å². The fraction of sp³-hybridized carbons (Fsp3) is 0.903. The van der Waals surface area contributed by atoms with Crippen molar-refractivity contribution in [3.63, 3.8) is 0 Å². The highest BCUT2D eigenvalue weighted by Crippen LogP contribution is 2.68. The van der Waals surface area contributed by atoms with Gasteiger partial charge in [0.1, 0.15) is 12.7 Å². The van der Waals surface area contributed by atoms with Gasteiger partial charge in [-0.05, 0) is 106 Å². The molecule has 38 heavy (non-hydrogen) atoms. The number of hydrogen-bond donors (Lipinski definition) is 1. The van der Waals surface area contributed by atoms with Crippen molar-refractivity contribution in [2.24, 2.45) is 40.4 Å². The molecule has 0 heterocycles. The molecule has 0 radical (unpaired) electrons. The number of carbonyl (C=O) groups is 3. The Morgan fingerprint density at radius 1 is 0.974 bits per heavy atom. The molecular weight excluding hydrogens is 482 g/mol. The highest BCUT2D eigenvalue weighted by atomic mass is 16.5. The van der Waals surface area contributed by atoms with Gasteiger partial charge in [0.2, 0.25) is 0 Å². The van der Waals surface area contributed by atoms with E-state index < -0.39 is 5.97 Å². The number of hydrogen-bond acceptors (Lipinski definition) is 7. The highest BCUT2D eigenvalue weighted by Gasteiger charge is 2.65. The van der Waals surface area contributed by atoms with Gasteiger partial charge in [-0.15, -0.1) is 0 Å². The third kappa shape index (κ3) is 5.70. The second-order valence-electron chi connectivity index (χ2n) is 13.4. The zero-order valence-corrected chi connectivity index (χ0v) is 24.4. The van der Waals surface area contributed by atoms with Crippen molar-refractivity contribution in [2.75, 3.05) is 26.2 Å². The summed E-state index contributed by atoms with van der Waals surface area (Å²) in [6.07, 6.45) is 8.79. The molecule has 216 valence electrons. The van der Waals surface area contributed by atoms with Crippen LogP contribution in [0.4, 0.5) is 0 Å². The molecule has 7 nitrogen and oxygen atoms in total. The number of fused-ring (bicyclic) bond motifs is 5. The molecule has 4 rings (SSSR count). The van der Waals surface area contributed by atoms with Crippen LogP contribution in [-0.2, 0) is 23.9 Å². The largest absolute Gasteiger partial charge is 0.461 e. The maximum Gasteiger partial charge on any atom is 0.320 e. The van der Waals surface area contributed by atoms with Gasteiger partial charge < -0.3 is 14.6 Å². The zero-order chi connectivity index (χ0) is 27.7. The molecule has 7 heteroatoms. The number of nitrogens with zero attached hydrogens (tertiary/aromatic N) is 1. The molecule has 0 amide bonds. The van der Waals surface area contributed by atoms with Crippen LogP contribution in [-0.4, -0.2) is 66.2 Å². The van der Waals surface area contributed by atoms with Crippen LogP contribution in [0.25, 0.3) is 0 Å². The first-order valence-corrected chi connectivity index (χ1v) is 15.3. The molecule has 0 saturated heterocycles. The minimum atomic E-state index is -0.428. The van der Waals surface area contributed by atoms with E-state index in [2.05, 4.69) is 32.6 Å². The lowest BCUT2D eigenvalue weighted by Gasteiger charge is -2.62. The van der Waals surface area contributed by atoms with E-state index in [4.69, 9.17) is 9.47 Å². The molecule has 0 aromatic carbocycles. The molecule has 1 N–H and O–H groups in total. The third-order valence-electron chi connectivity index (χ3n) is 11.1. The van der Waals surface area contributed by atoms with Crippen LogP contribution < -0.4 is 0 Å². The molecule has 4 saturated carbocycles. The van der Waals surface area contributed by atoms with Gasteiger partial charge in [-0.2, -0.15) is 0 Å². The second kappa shape index (κ2) is 12.0. The number of rotatable bonds is 10. The predicted molar refractivity (Wildman–Crippen MR) is 145 cm³/mol. The lowest BCUT2D eigenvalue weighted by atomic mass is 9.43. The minimum absolute atomic E-state index is 0.00600. The Morgan fingerprint density at radius 3 is 2.34 bits per heavy atom. The number of esters is 2. The third-order valence-corrected chi connectivity index (χ3v) is 11.1. The molecule has 4 aliphatic rings. The molecule has 0 aromatic rings. The molecule has 0 bridgehead atoms. The van der Waals surface area contributed by atoms with Crippen LogP contribution in [0.5, 0.6) is 0 Å². The van der Waals surface area contributed by atoms with Crippen molar-refractivity contribution in [3.05, 3.63) is 0 Å². The van der Waals surface area contributed by atoms with Crippen LogP contribution in [0.2, 0.25) is 0 Å². The Labute approximate surface area is 229 Å². The summed E-state index contributed by atoms with van der Waals surface area (Å²) in [5.74, 6) is 0.743. The lowest BCUT2D eigenvalue weighted by molar-refractivity contribution is -0.200. The van der Waals surface area contributed by atoms with Crippen LogP contribution in [0.1, 0.15) is 98.8 Å². The zero-order valence-electron chi connectivity index (χ0n) is 24.4. The van der Waals surface area contributed by atoms with Crippen LogP contribution in [0.3, 0.4) is 0 Å². The van der Waals surface area contributed by atoms with Crippen molar-refractivity contribution in [1.82, 2.24) is 4.90 Å². The number of carbonyl (C=O) groups excluding carboxylic acids is 3. The summed E-state index contributed by atoms with van der Waals surface area (Å²) in [6.45, 7) is 12.1. The Bertz CT molecular complexity index is 870. The molecular formula is C31H51NO6. The van der Waals surface area contributed by atoms with Gasteiger partial charge in [-0.1, -0.05) is 27.7 Å². The number of Topliss-reactive ketones (excluding diaryl/α,β-unsaturated/α-hetero) is 1. The highest BCUT2D eigenvalue weighted by molar-refractivity contribution is 5.85.